The zero-order valence-electron chi connectivity index (χ0n) is 9.47. The molecule has 9 heteroatoms. The first-order valence-corrected chi connectivity index (χ1v) is 7.56. The monoisotopic (exact) mass is 363 g/mol. The maximum atomic E-state index is 12.9. The molecule has 0 aliphatic carbocycles. The van der Waals surface area contributed by atoms with E-state index < -0.39 is 40.6 Å². The fraction of sp³-hybridized carbons (Fsp3) is 0.400. The lowest BCUT2D eigenvalue weighted by Crippen LogP contribution is -2.19. The third-order valence-electron chi connectivity index (χ3n) is 2.07. The SMILES string of the molecule is O=S(=O)(CCCC(F)(F)F)Nc1cc(F)ccc1Br. The first kappa shape index (κ1) is 16.2. The molecule has 0 saturated carbocycles. The minimum atomic E-state index is -4.39. The lowest BCUT2D eigenvalue weighted by atomic mass is 10.3. The second kappa shape index (κ2) is 6.08. The van der Waals surface area contributed by atoms with Gasteiger partial charge in [0.05, 0.1) is 11.4 Å². The van der Waals surface area contributed by atoms with Gasteiger partial charge in [0.25, 0.3) is 0 Å². The number of sulfonamides is 1. The maximum absolute atomic E-state index is 12.9. The normalized spacial score (nSPS) is 12.5. The van der Waals surface area contributed by atoms with Gasteiger partial charge in [-0.15, -0.1) is 0 Å². The van der Waals surface area contributed by atoms with E-state index in [1.54, 1.807) is 0 Å². The van der Waals surface area contributed by atoms with Crippen molar-refractivity contribution < 1.29 is 26.0 Å². The Morgan fingerprint density at radius 1 is 1.26 bits per heavy atom. The summed E-state index contributed by atoms with van der Waals surface area (Å²) in [6, 6.07) is 3.35. The Hall–Kier alpha value is -0.830. The van der Waals surface area contributed by atoms with E-state index >= 15 is 0 Å². The lowest BCUT2D eigenvalue weighted by molar-refractivity contribution is -0.134. The van der Waals surface area contributed by atoms with Gasteiger partial charge in [0.15, 0.2) is 0 Å². The van der Waals surface area contributed by atoms with Gasteiger partial charge in [0.2, 0.25) is 10.0 Å². The van der Waals surface area contributed by atoms with E-state index in [0.717, 1.165) is 12.1 Å². The highest BCUT2D eigenvalue weighted by molar-refractivity contribution is 9.10. The summed E-state index contributed by atoms with van der Waals surface area (Å²) in [6.45, 7) is 0. The summed E-state index contributed by atoms with van der Waals surface area (Å²) in [5, 5.41) is 0. The van der Waals surface area contributed by atoms with Crippen molar-refractivity contribution in [1.82, 2.24) is 0 Å². The van der Waals surface area contributed by atoms with Crippen LogP contribution in [0.2, 0.25) is 0 Å². The number of hydrogen-bond donors (Lipinski definition) is 1. The van der Waals surface area contributed by atoms with Crippen molar-refractivity contribution in [3.63, 3.8) is 0 Å². The Morgan fingerprint density at radius 2 is 1.89 bits per heavy atom. The fourth-order valence-corrected chi connectivity index (χ4v) is 2.86. The van der Waals surface area contributed by atoms with Gasteiger partial charge in [-0.2, -0.15) is 13.2 Å². The van der Waals surface area contributed by atoms with Crippen LogP contribution in [-0.2, 0) is 10.0 Å². The predicted octanol–water partition coefficient (Wildman–Crippen LogP) is 3.67. The van der Waals surface area contributed by atoms with E-state index in [4.69, 9.17) is 0 Å². The molecule has 1 rings (SSSR count). The van der Waals surface area contributed by atoms with E-state index in [-0.39, 0.29) is 5.69 Å². The number of anilines is 1. The zero-order valence-corrected chi connectivity index (χ0v) is 11.9. The molecule has 108 valence electrons. The van der Waals surface area contributed by atoms with Crippen molar-refractivity contribution in [2.24, 2.45) is 0 Å². The van der Waals surface area contributed by atoms with Crippen LogP contribution in [0.5, 0.6) is 0 Å². The van der Waals surface area contributed by atoms with Crippen molar-refractivity contribution in [1.29, 1.82) is 0 Å². The molecule has 0 atom stereocenters. The molecule has 0 saturated heterocycles. The summed E-state index contributed by atoms with van der Waals surface area (Å²) >= 11 is 3.01. The largest absolute Gasteiger partial charge is 0.389 e. The molecule has 0 amide bonds. The van der Waals surface area contributed by atoms with Crippen molar-refractivity contribution in [2.75, 3.05) is 10.5 Å². The van der Waals surface area contributed by atoms with Gasteiger partial charge >= 0.3 is 6.18 Å². The van der Waals surface area contributed by atoms with Crippen LogP contribution < -0.4 is 4.72 Å². The van der Waals surface area contributed by atoms with Crippen LogP contribution in [0.4, 0.5) is 23.2 Å². The lowest BCUT2D eigenvalue weighted by Gasteiger charge is -2.10. The summed E-state index contributed by atoms with van der Waals surface area (Å²) in [5.41, 5.74) is -0.0491. The van der Waals surface area contributed by atoms with Crippen molar-refractivity contribution >= 4 is 31.6 Å². The highest BCUT2D eigenvalue weighted by atomic mass is 79.9. The minimum Gasteiger partial charge on any atom is -0.282 e. The first-order valence-electron chi connectivity index (χ1n) is 5.11. The molecule has 0 aromatic heterocycles. The van der Waals surface area contributed by atoms with Gasteiger partial charge in [-0.05, 0) is 40.5 Å². The average Bonchev–Trinajstić information content (AvgIpc) is 2.20. The van der Waals surface area contributed by atoms with Crippen molar-refractivity contribution in [2.45, 2.75) is 19.0 Å². The topological polar surface area (TPSA) is 46.2 Å². The molecular formula is C10H10BrF4NO2S. The van der Waals surface area contributed by atoms with Gasteiger partial charge in [0.1, 0.15) is 5.82 Å². The summed E-state index contributed by atoms with van der Waals surface area (Å²) in [4.78, 5) is 0. The number of nitrogens with one attached hydrogen (secondary N) is 1. The first-order chi connectivity index (χ1) is 8.59. The van der Waals surface area contributed by atoms with Gasteiger partial charge in [0, 0.05) is 10.9 Å². The molecule has 0 bridgehead atoms. The molecule has 1 N–H and O–H groups in total. The Bertz CT molecular complexity index is 545. The van der Waals surface area contributed by atoms with E-state index in [2.05, 4.69) is 15.9 Å². The van der Waals surface area contributed by atoms with E-state index in [1.165, 1.54) is 6.07 Å². The van der Waals surface area contributed by atoms with Crippen LogP contribution in [0, 0.1) is 5.82 Å². The highest BCUT2D eigenvalue weighted by Crippen LogP contribution is 2.25. The summed E-state index contributed by atoms with van der Waals surface area (Å²) in [7, 11) is -3.94. The summed E-state index contributed by atoms with van der Waals surface area (Å²) in [6.07, 6.45) is -6.13. The van der Waals surface area contributed by atoms with Crippen LogP contribution in [-0.4, -0.2) is 20.3 Å². The third kappa shape index (κ3) is 6.24. The fourth-order valence-electron chi connectivity index (χ4n) is 1.26. The van der Waals surface area contributed by atoms with Crippen molar-refractivity contribution in [3.8, 4) is 0 Å². The Balaban J connectivity index is 2.67. The predicted molar refractivity (Wildman–Crippen MR) is 66.8 cm³/mol. The van der Waals surface area contributed by atoms with Crippen LogP contribution in [0.25, 0.3) is 0 Å². The number of alkyl halides is 3. The van der Waals surface area contributed by atoms with Gasteiger partial charge in [-0.25, -0.2) is 12.8 Å². The standard InChI is InChI=1S/C10H10BrF4NO2S/c11-8-3-2-7(12)6-9(8)16-19(17,18)5-1-4-10(13,14)15/h2-3,6,16H,1,4-5H2. The van der Waals surface area contributed by atoms with E-state index in [0.29, 0.717) is 4.47 Å². The molecule has 0 spiro atoms. The molecule has 0 fully saturated rings. The molecule has 0 unspecified atom stereocenters. The zero-order chi connectivity index (χ0) is 14.7. The molecule has 0 heterocycles. The minimum absolute atomic E-state index is 0.0491. The van der Waals surface area contributed by atoms with Gasteiger partial charge in [-0.3, -0.25) is 4.72 Å². The number of halogens is 5. The van der Waals surface area contributed by atoms with Crippen molar-refractivity contribution in [3.05, 3.63) is 28.5 Å². The molecule has 3 nitrogen and oxygen atoms in total. The highest BCUT2D eigenvalue weighted by Gasteiger charge is 2.27. The smallest absolute Gasteiger partial charge is 0.282 e. The van der Waals surface area contributed by atoms with E-state index in [1.807, 2.05) is 4.72 Å². The molecule has 1 aromatic rings. The van der Waals surface area contributed by atoms with Gasteiger partial charge in [-0.1, -0.05) is 0 Å². The second-order valence-corrected chi connectivity index (χ2v) is 6.46. The summed E-state index contributed by atoms with van der Waals surface area (Å²) < 4.78 is 74.0. The molecular weight excluding hydrogens is 354 g/mol. The quantitative estimate of drug-likeness (QED) is 0.811. The van der Waals surface area contributed by atoms with Gasteiger partial charge < -0.3 is 0 Å². The molecule has 0 aliphatic rings. The van der Waals surface area contributed by atoms with E-state index in [9.17, 15) is 26.0 Å². The maximum Gasteiger partial charge on any atom is 0.389 e. The van der Waals surface area contributed by atoms with Crippen LogP contribution >= 0.6 is 15.9 Å². The second-order valence-electron chi connectivity index (χ2n) is 3.76. The average molecular weight is 364 g/mol. The van der Waals surface area contributed by atoms with Crippen LogP contribution in [0.1, 0.15) is 12.8 Å². The molecule has 19 heavy (non-hydrogen) atoms. The van der Waals surface area contributed by atoms with Crippen LogP contribution in [0.3, 0.4) is 0 Å². The molecule has 1 aromatic carbocycles. The Morgan fingerprint density at radius 3 is 2.47 bits per heavy atom. The number of rotatable bonds is 5. The summed E-state index contributed by atoms with van der Waals surface area (Å²) in [5.74, 6) is -1.34. The Kier molecular flexibility index (Phi) is 5.19. The number of hydrogen-bond acceptors (Lipinski definition) is 2. The molecule has 0 radical (unpaired) electrons. The third-order valence-corrected chi connectivity index (χ3v) is 4.12. The number of benzene rings is 1. The molecule has 0 aliphatic heterocycles. The van der Waals surface area contributed by atoms with Crippen LogP contribution in [0.15, 0.2) is 22.7 Å². The Labute approximate surface area is 116 Å².